The SMILES string of the molecule is COCc1c(C(=O)N2C[C@H]3CC(Oc4ccccc4)C[C@H]3C2)noc1C. The molecule has 0 radical (unpaired) electrons. The molecule has 6 nitrogen and oxygen atoms in total. The molecule has 26 heavy (non-hydrogen) atoms. The van der Waals surface area contributed by atoms with E-state index in [4.69, 9.17) is 14.0 Å². The maximum Gasteiger partial charge on any atom is 0.276 e. The van der Waals surface area contributed by atoms with Crippen molar-refractivity contribution in [2.45, 2.75) is 32.5 Å². The first kappa shape index (κ1) is 17.1. The molecule has 2 aromatic rings. The number of amides is 1. The topological polar surface area (TPSA) is 64.8 Å². The van der Waals surface area contributed by atoms with Gasteiger partial charge < -0.3 is 18.9 Å². The van der Waals surface area contributed by atoms with Gasteiger partial charge in [-0.15, -0.1) is 0 Å². The first-order valence-electron chi connectivity index (χ1n) is 9.10. The summed E-state index contributed by atoms with van der Waals surface area (Å²) in [5.74, 6) is 2.50. The Balaban J connectivity index is 1.38. The normalized spacial score (nSPS) is 24.7. The van der Waals surface area contributed by atoms with Crippen LogP contribution in [0.15, 0.2) is 34.9 Å². The Labute approximate surface area is 153 Å². The average Bonchev–Trinajstić information content (AvgIpc) is 3.30. The van der Waals surface area contributed by atoms with E-state index < -0.39 is 0 Å². The number of fused-ring (bicyclic) bond motifs is 1. The lowest BCUT2D eigenvalue weighted by molar-refractivity contribution is 0.0755. The highest BCUT2D eigenvalue weighted by Gasteiger charge is 2.44. The van der Waals surface area contributed by atoms with Gasteiger partial charge in [0.2, 0.25) is 0 Å². The van der Waals surface area contributed by atoms with Gasteiger partial charge in [-0.3, -0.25) is 4.79 Å². The van der Waals surface area contributed by atoms with Crippen LogP contribution < -0.4 is 4.74 Å². The quantitative estimate of drug-likeness (QED) is 0.824. The fraction of sp³-hybridized carbons (Fsp3) is 0.500. The first-order valence-corrected chi connectivity index (χ1v) is 9.10. The number of methoxy groups -OCH3 is 1. The number of carbonyl (C=O) groups is 1. The number of benzene rings is 1. The molecule has 0 N–H and O–H groups in total. The molecule has 1 saturated carbocycles. The molecule has 3 atom stereocenters. The van der Waals surface area contributed by atoms with Gasteiger partial charge in [0.25, 0.3) is 5.91 Å². The molecule has 1 saturated heterocycles. The van der Waals surface area contributed by atoms with Gasteiger partial charge in [-0.05, 0) is 43.7 Å². The number of aromatic nitrogens is 1. The Morgan fingerprint density at radius 3 is 2.58 bits per heavy atom. The molecular weight excluding hydrogens is 332 g/mol. The number of aryl methyl sites for hydroxylation is 1. The van der Waals surface area contributed by atoms with Gasteiger partial charge in [0.05, 0.1) is 18.3 Å². The Morgan fingerprint density at radius 1 is 1.23 bits per heavy atom. The molecule has 1 aromatic carbocycles. The van der Waals surface area contributed by atoms with Crippen molar-refractivity contribution in [3.8, 4) is 5.75 Å². The van der Waals surface area contributed by atoms with Crippen LogP contribution in [0.2, 0.25) is 0 Å². The zero-order chi connectivity index (χ0) is 18.1. The summed E-state index contributed by atoms with van der Waals surface area (Å²) in [6, 6.07) is 9.96. The predicted octanol–water partition coefficient (Wildman–Crippen LogP) is 3.06. The number of rotatable bonds is 5. The molecule has 1 aliphatic carbocycles. The second-order valence-electron chi connectivity index (χ2n) is 7.25. The highest BCUT2D eigenvalue weighted by Crippen LogP contribution is 2.40. The molecule has 4 rings (SSSR count). The van der Waals surface area contributed by atoms with Gasteiger partial charge in [0.1, 0.15) is 11.5 Å². The summed E-state index contributed by atoms with van der Waals surface area (Å²) in [6.45, 7) is 3.67. The second kappa shape index (κ2) is 7.11. The number of likely N-dealkylation sites (tertiary alicyclic amines) is 1. The summed E-state index contributed by atoms with van der Waals surface area (Å²) in [4.78, 5) is 14.8. The van der Waals surface area contributed by atoms with Gasteiger partial charge in [-0.1, -0.05) is 23.4 Å². The number of hydrogen-bond acceptors (Lipinski definition) is 5. The average molecular weight is 356 g/mol. The number of ether oxygens (including phenoxy) is 2. The zero-order valence-electron chi connectivity index (χ0n) is 15.2. The largest absolute Gasteiger partial charge is 0.490 e. The van der Waals surface area contributed by atoms with E-state index in [2.05, 4.69) is 5.16 Å². The van der Waals surface area contributed by atoms with E-state index in [1.807, 2.05) is 42.2 Å². The summed E-state index contributed by atoms with van der Waals surface area (Å²) < 4.78 is 16.5. The van der Waals surface area contributed by atoms with Crippen molar-refractivity contribution < 1.29 is 18.8 Å². The van der Waals surface area contributed by atoms with E-state index in [9.17, 15) is 4.79 Å². The molecule has 6 heteroatoms. The zero-order valence-corrected chi connectivity index (χ0v) is 15.2. The van der Waals surface area contributed by atoms with E-state index in [1.54, 1.807) is 7.11 Å². The lowest BCUT2D eigenvalue weighted by atomic mass is 10.0. The van der Waals surface area contributed by atoms with E-state index >= 15 is 0 Å². The molecule has 1 aliphatic heterocycles. The van der Waals surface area contributed by atoms with Crippen molar-refractivity contribution in [3.63, 3.8) is 0 Å². The fourth-order valence-electron chi connectivity index (χ4n) is 4.22. The van der Waals surface area contributed by atoms with E-state index in [0.29, 0.717) is 29.9 Å². The van der Waals surface area contributed by atoms with Crippen LogP contribution in [0, 0.1) is 18.8 Å². The van der Waals surface area contributed by atoms with Crippen LogP contribution in [0.25, 0.3) is 0 Å². The third-order valence-electron chi connectivity index (χ3n) is 5.52. The number of para-hydroxylation sites is 1. The smallest absolute Gasteiger partial charge is 0.276 e. The minimum absolute atomic E-state index is 0.0520. The van der Waals surface area contributed by atoms with Gasteiger partial charge >= 0.3 is 0 Å². The number of nitrogens with zero attached hydrogens (tertiary/aromatic N) is 2. The molecule has 1 amide bonds. The van der Waals surface area contributed by atoms with Gasteiger partial charge in [0.15, 0.2) is 5.69 Å². The maximum atomic E-state index is 12.9. The van der Waals surface area contributed by atoms with Crippen LogP contribution in [-0.4, -0.2) is 42.3 Å². The van der Waals surface area contributed by atoms with Crippen molar-refractivity contribution in [2.75, 3.05) is 20.2 Å². The third kappa shape index (κ3) is 3.21. The molecule has 0 bridgehead atoms. The van der Waals surface area contributed by atoms with Crippen LogP contribution >= 0.6 is 0 Å². The van der Waals surface area contributed by atoms with Crippen molar-refractivity contribution in [3.05, 3.63) is 47.3 Å². The van der Waals surface area contributed by atoms with Crippen molar-refractivity contribution in [2.24, 2.45) is 11.8 Å². The van der Waals surface area contributed by atoms with Crippen LogP contribution in [0.1, 0.15) is 34.7 Å². The third-order valence-corrected chi connectivity index (χ3v) is 5.52. The Bertz CT molecular complexity index is 759. The molecule has 2 heterocycles. The predicted molar refractivity (Wildman–Crippen MR) is 94.9 cm³/mol. The van der Waals surface area contributed by atoms with Crippen molar-refractivity contribution in [1.82, 2.24) is 10.1 Å². The van der Waals surface area contributed by atoms with E-state index in [-0.39, 0.29) is 12.0 Å². The molecule has 0 spiro atoms. The summed E-state index contributed by atoms with van der Waals surface area (Å²) in [6.07, 6.45) is 2.22. The molecule has 2 aliphatic rings. The summed E-state index contributed by atoms with van der Waals surface area (Å²) >= 11 is 0. The molecule has 1 unspecified atom stereocenters. The Morgan fingerprint density at radius 2 is 1.92 bits per heavy atom. The van der Waals surface area contributed by atoms with Crippen LogP contribution in [0.3, 0.4) is 0 Å². The number of carbonyl (C=O) groups excluding carboxylic acids is 1. The van der Waals surface area contributed by atoms with Crippen LogP contribution in [0.5, 0.6) is 5.75 Å². The fourth-order valence-corrected chi connectivity index (χ4v) is 4.22. The van der Waals surface area contributed by atoms with E-state index in [1.165, 1.54) is 0 Å². The minimum atomic E-state index is -0.0520. The maximum absolute atomic E-state index is 12.9. The minimum Gasteiger partial charge on any atom is -0.490 e. The second-order valence-corrected chi connectivity index (χ2v) is 7.25. The van der Waals surface area contributed by atoms with E-state index in [0.717, 1.165) is 37.2 Å². The molecule has 1 aromatic heterocycles. The van der Waals surface area contributed by atoms with Gasteiger partial charge in [-0.25, -0.2) is 0 Å². The van der Waals surface area contributed by atoms with Gasteiger partial charge in [0, 0.05) is 20.2 Å². The first-order chi connectivity index (χ1) is 12.7. The standard InChI is InChI=1S/C20H24N2O4/c1-13-18(12-24-2)19(21-26-13)20(23)22-10-14-8-17(9-15(14)11-22)25-16-6-4-3-5-7-16/h3-7,14-15,17H,8-12H2,1-2H3/t14-,15+,17?. The van der Waals surface area contributed by atoms with Gasteiger partial charge in [-0.2, -0.15) is 0 Å². The molecule has 138 valence electrons. The Hall–Kier alpha value is -2.34. The Kier molecular flexibility index (Phi) is 4.68. The lowest BCUT2D eigenvalue weighted by Gasteiger charge is -2.19. The summed E-state index contributed by atoms with van der Waals surface area (Å²) in [5.41, 5.74) is 1.14. The molecular formula is C20H24N2O4. The van der Waals surface area contributed by atoms with Crippen LogP contribution in [0.4, 0.5) is 0 Å². The number of hydrogen-bond donors (Lipinski definition) is 0. The lowest BCUT2D eigenvalue weighted by Crippen LogP contribution is -2.31. The summed E-state index contributed by atoms with van der Waals surface area (Å²) in [5, 5.41) is 3.97. The highest BCUT2D eigenvalue weighted by atomic mass is 16.5. The van der Waals surface area contributed by atoms with Crippen LogP contribution in [-0.2, 0) is 11.3 Å². The highest BCUT2D eigenvalue weighted by molar-refractivity contribution is 5.94. The molecule has 2 fully saturated rings. The monoisotopic (exact) mass is 356 g/mol. The van der Waals surface area contributed by atoms with Crippen molar-refractivity contribution >= 4 is 5.91 Å². The van der Waals surface area contributed by atoms with Crippen molar-refractivity contribution in [1.29, 1.82) is 0 Å². The summed E-state index contributed by atoms with van der Waals surface area (Å²) in [7, 11) is 1.60.